The van der Waals surface area contributed by atoms with E-state index >= 15 is 0 Å². The summed E-state index contributed by atoms with van der Waals surface area (Å²) in [4.78, 5) is 0. The Bertz CT molecular complexity index is 975. The van der Waals surface area contributed by atoms with Gasteiger partial charge in [0.25, 0.3) is 0 Å². The number of benzene rings is 3. The highest BCUT2D eigenvalue weighted by Gasteiger charge is 2.12. The molecule has 9 nitrogen and oxygen atoms in total. The third-order valence-corrected chi connectivity index (χ3v) is 4.23. The van der Waals surface area contributed by atoms with E-state index in [0.717, 1.165) is 0 Å². The zero-order chi connectivity index (χ0) is 22.2. The maximum Gasteiger partial charge on any atom is 0.231 e. The van der Waals surface area contributed by atoms with Gasteiger partial charge in [-0.05, 0) is 48.5 Å². The maximum atomic E-state index is 8.96. The molecule has 164 valence electrons. The predicted molar refractivity (Wildman–Crippen MR) is 120 cm³/mol. The molecule has 0 aromatic heterocycles. The first-order valence-corrected chi connectivity index (χ1v) is 9.56. The predicted octanol–water partition coefficient (Wildman–Crippen LogP) is 2.98. The van der Waals surface area contributed by atoms with Crippen molar-refractivity contribution >= 4 is 22.7 Å². The van der Waals surface area contributed by atoms with Crippen LogP contribution in [-0.2, 0) is 0 Å². The van der Waals surface area contributed by atoms with Crippen molar-refractivity contribution in [3.63, 3.8) is 0 Å². The topological polar surface area (TPSA) is 161 Å². The van der Waals surface area contributed by atoms with Gasteiger partial charge in [0.05, 0.1) is 24.6 Å². The van der Waals surface area contributed by atoms with Crippen LogP contribution < -0.4 is 41.9 Å². The van der Waals surface area contributed by atoms with Crippen molar-refractivity contribution in [1.82, 2.24) is 0 Å². The number of rotatable bonds is 6. The minimum Gasteiger partial charge on any atom is -0.508 e. The molecule has 0 atom stereocenters. The minimum atomic E-state index is 0.198. The Morgan fingerprint density at radius 2 is 1.26 bits per heavy atom. The average Bonchev–Trinajstić information content (AvgIpc) is 3.19. The summed E-state index contributed by atoms with van der Waals surface area (Å²) in [5, 5.41) is 8.96. The number of ether oxygens (including phenoxy) is 4. The van der Waals surface area contributed by atoms with E-state index in [1.54, 1.807) is 48.5 Å². The molecule has 0 unspecified atom stereocenters. The largest absolute Gasteiger partial charge is 0.508 e. The fraction of sp³-hybridized carbons (Fsp3) is 0.182. The summed E-state index contributed by atoms with van der Waals surface area (Å²) < 4.78 is 21.2. The normalized spacial score (nSPS) is 11.4. The Labute approximate surface area is 180 Å². The lowest BCUT2D eigenvalue weighted by atomic mass is 10.2. The first kappa shape index (κ1) is 21.6. The molecular weight excluding hydrogens is 400 g/mol. The zero-order valence-corrected chi connectivity index (χ0v) is 16.9. The van der Waals surface area contributed by atoms with E-state index in [1.807, 2.05) is 0 Å². The Hall–Kier alpha value is -4.14. The van der Waals surface area contributed by atoms with E-state index in [4.69, 9.17) is 47.0 Å². The van der Waals surface area contributed by atoms with Gasteiger partial charge >= 0.3 is 0 Å². The van der Waals surface area contributed by atoms with Gasteiger partial charge < -0.3 is 47.0 Å². The van der Waals surface area contributed by atoms with Crippen LogP contribution in [0.1, 0.15) is 6.42 Å². The summed E-state index contributed by atoms with van der Waals surface area (Å²) in [7, 11) is 0. The van der Waals surface area contributed by atoms with Crippen molar-refractivity contribution in [2.45, 2.75) is 6.42 Å². The van der Waals surface area contributed by atoms with Crippen LogP contribution in [0.2, 0.25) is 0 Å². The number of anilines is 4. The molecule has 1 aliphatic rings. The number of phenols is 1. The Morgan fingerprint density at radius 3 is 1.81 bits per heavy atom. The van der Waals surface area contributed by atoms with Gasteiger partial charge in [-0.25, -0.2) is 0 Å². The monoisotopic (exact) mass is 426 g/mol. The summed E-state index contributed by atoms with van der Waals surface area (Å²) in [6, 6.07) is 15.1. The molecule has 9 N–H and O–H groups in total. The molecule has 4 rings (SSSR count). The van der Waals surface area contributed by atoms with Crippen LogP contribution >= 0.6 is 0 Å². The molecule has 3 aromatic carbocycles. The number of aromatic hydroxyl groups is 1. The molecule has 31 heavy (non-hydrogen) atoms. The highest BCUT2D eigenvalue weighted by atomic mass is 16.7. The quantitative estimate of drug-likeness (QED) is 0.295. The fourth-order valence-electron chi connectivity index (χ4n) is 2.71. The van der Waals surface area contributed by atoms with E-state index in [0.29, 0.717) is 65.4 Å². The lowest BCUT2D eigenvalue weighted by molar-refractivity contribution is 0.174. The van der Waals surface area contributed by atoms with Crippen LogP contribution in [0.4, 0.5) is 22.7 Å². The van der Waals surface area contributed by atoms with Crippen molar-refractivity contribution in [2.75, 3.05) is 42.9 Å². The number of fused-ring (bicyclic) bond motifs is 1. The molecule has 0 aliphatic carbocycles. The third kappa shape index (κ3) is 6.17. The van der Waals surface area contributed by atoms with Crippen LogP contribution in [0.3, 0.4) is 0 Å². The number of phenolic OH excluding ortho intramolecular Hbond substituents is 1. The molecule has 3 aromatic rings. The SMILES string of the molecule is Nc1ccc(OCCCOc2ccc(N)cc2N)c(N)c1.Oc1ccc2c(c1)OCO2. The Kier molecular flexibility index (Phi) is 7.00. The molecule has 0 saturated carbocycles. The van der Waals surface area contributed by atoms with Crippen LogP contribution in [0.5, 0.6) is 28.7 Å². The van der Waals surface area contributed by atoms with Crippen LogP contribution in [0.15, 0.2) is 54.6 Å². The average molecular weight is 426 g/mol. The van der Waals surface area contributed by atoms with Gasteiger partial charge in [0.1, 0.15) is 17.2 Å². The van der Waals surface area contributed by atoms with Crippen molar-refractivity contribution in [3.05, 3.63) is 54.6 Å². The highest BCUT2D eigenvalue weighted by molar-refractivity contribution is 5.61. The highest BCUT2D eigenvalue weighted by Crippen LogP contribution is 2.34. The molecule has 0 fully saturated rings. The number of nitrogens with two attached hydrogens (primary N) is 4. The molecule has 9 heteroatoms. The second kappa shape index (κ2) is 10.1. The zero-order valence-electron chi connectivity index (χ0n) is 16.9. The van der Waals surface area contributed by atoms with E-state index in [-0.39, 0.29) is 12.5 Å². The lowest BCUT2D eigenvalue weighted by Gasteiger charge is -2.11. The number of hydrogen-bond donors (Lipinski definition) is 5. The lowest BCUT2D eigenvalue weighted by Crippen LogP contribution is -2.07. The molecule has 0 bridgehead atoms. The van der Waals surface area contributed by atoms with Crippen molar-refractivity contribution in [1.29, 1.82) is 0 Å². The molecule has 0 saturated heterocycles. The molecule has 0 amide bonds. The first-order chi connectivity index (χ1) is 14.9. The van der Waals surface area contributed by atoms with Gasteiger partial charge in [-0.2, -0.15) is 0 Å². The first-order valence-electron chi connectivity index (χ1n) is 9.56. The molecule has 0 radical (unpaired) electrons. The molecule has 1 heterocycles. The summed E-state index contributed by atoms with van der Waals surface area (Å²) >= 11 is 0. The Balaban J connectivity index is 0.000000225. The Morgan fingerprint density at radius 1 is 0.710 bits per heavy atom. The summed E-state index contributed by atoms with van der Waals surface area (Å²) in [6.07, 6.45) is 0.702. The number of hydrogen-bond acceptors (Lipinski definition) is 9. The van der Waals surface area contributed by atoms with Crippen LogP contribution in [-0.4, -0.2) is 25.1 Å². The van der Waals surface area contributed by atoms with Gasteiger partial charge in [-0.1, -0.05) is 0 Å². The molecule has 1 aliphatic heterocycles. The smallest absolute Gasteiger partial charge is 0.231 e. The van der Waals surface area contributed by atoms with Gasteiger partial charge in [-0.3, -0.25) is 0 Å². The van der Waals surface area contributed by atoms with E-state index < -0.39 is 0 Å². The van der Waals surface area contributed by atoms with E-state index in [1.165, 1.54) is 6.07 Å². The summed E-state index contributed by atoms with van der Waals surface area (Å²) in [6.45, 7) is 1.23. The second-order valence-corrected chi connectivity index (χ2v) is 6.68. The maximum absolute atomic E-state index is 8.96. The van der Waals surface area contributed by atoms with Crippen molar-refractivity contribution in [3.8, 4) is 28.7 Å². The van der Waals surface area contributed by atoms with Gasteiger partial charge in [0, 0.05) is 23.9 Å². The van der Waals surface area contributed by atoms with Crippen molar-refractivity contribution < 1.29 is 24.1 Å². The van der Waals surface area contributed by atoms with Gasteiger partial charge in [0.2, 0.25) is 6.79 Å². The molecule has 0 spiro atoms. The minimum absolute atomic E-state index is 0.198. The van der Waals surface area contributed by atoms with Crippen LogP contribution in [0.25, 0.3) is 0 Å². The standard InChI is InChI=1S/C15H20N4O2.C7H6O3/c16-10-2-4-14(12(18)8-10)20-6-1-7-21-15-5-3-11(17)9-13(15)19;8-5-1-2-6-7(3-5)10-4-9-6/h2-5,8-9H,1,6-7,16-19H2;1-3,8H,4H2. The fourth-order valence-corrected chi connectivity index (χ4v) is 2.71. The number of nitrogen functional groups attached to an aromatic ring is 4. The van der Waals surface area contributed by atoms with E-state index in [9.17, 15) is 0 Å². The van der Waals surface area contributed by atoms with Gasteiger partial charge in [-0.15, -0.1) is 0 Å². The third-order valence-electron chi connectivity index (χ3n) is 4.23. The van der Waals surface area contributed by atoms with Gasteiger partial charge in [0.15, 0.2) is 11.5 Å². The summed E-state index contributed by atoms with van der Waals surface area (Å²) in [5.41, 5.74) is 25.1. The summed E-state index contributed by atoms with van der Waals surface area (Å²) in [5.74, 6) is 2.74. The van der Waals surface area contributed by atoms with Crippen LogP contribution in [0, 0.1) is 0 Å². The van der Waals surface area contributed by atoms with Crippen molar-refractivity contribution in [2.24, 2.45) is 0 Å². The second-order valence-electron chi connectivity index (χ2n) is 6.68. The molecular formula is C22H26N4O5. The van der Waals surface area contributed by atoms with E-state index in [2.05, 4.69) is 0 Å².